The molecule has 28 heavy (non-hydrogen) atoms. The van der Waals surface area contributed by atoms with Crippen molar-refractivity contribution in [1.29, 1.82) is 0 Å². The summed E-state index contributed by atoms with van der Waals surface area (Å²) in [5.41, 5.74) is 1.31. The minimum Gasteiger partial charge on any atom is -0.452 e. The molecule has 0 aliphatic rings. The van der Waals surface area contributed by atoms with Crippen LogP contribution in [0.2, 0.25) is 0 Å². The SMILES string of the molecule is O=C(COC(=O)/C=C/c1cccc(F)c1)NCCc1ccc(OC(F)F)cc1. The summed E-state index contributed by atoms with van der Waals surface area (Å²) in [5.74, 6) is -1.58. The summed E-state index contributed by atoms with van der Waals surface area (Å²) >= 11 is 0. The summed E-state index contributed by atoms with van der Waals surface area (Å²) in [4.78, 5) is 23.2. The zero-order chi connectivity index (χ0) is 20.4. The van der Waals surface area contributed by atoms with Crippen molar-refractivity contribution >= 4 is 18.0 Å². The molecule has 148 valence electrons. The van der Waals surface area contributed by atoms with Gasteiger partial charge in [-0.15, -0.1) is 0 Å². The molecule has 2 aromatic carbocycles. The molecule has 2 aromatic rings. The molecule has 0 unspecified atom stereocenters. The van der Waals surface area contributed by atoms with Crippen LogP contribution in [0.3, 0.4) is 0 Å². The molecule has 0 bridgehead atoms. The molecule has 0 saturated carbocycles. The summed E-state index contributed by atoms with van der Waals surface area (Å²) in [7, 11) is 0. The Labute approximate surface area is 159 Å². The lowest BCUT2D eigenvalue weighted by molar-refractivity contribution is -0.143. The van der Waals surface area contributed by atoms with Gasteiger partial charge in [-0.1, -0.05) is 24.3 Å². The Balaban J connectivity index is 1.66. The first kappa shape index (κ1) is 21.0. The van der Waals surface area contributed by atoms with Crippen LogP contribution in [0.15, 0.2) is 54.6 Å². The number of amides is 1. The minimum absolute atomic E-state index is 0.0565. The number of alkyl halides is 2. The molecule has 0 spiro atoms. The molecule has 1 amide bonds. The number of hydrogen-bond donors (Lipinski definition) is 1. The third kappa shape index (κ3) is 7.94. The number of esters is 1. The number of ether oxygens (including phenoxy) is 2. The Bertz CT molecular complexity index is 822. The fourth-order valence-electron chi connectivity index (χ4n) is 2.19. The topological polar surface area (TPSA) is 64.6 Å². The summed E-state index contributed by atoms with van der Waals surface area (Å²) in [5, 5.41) is 2.57. The van der Waals surface area contributed by atoms with Crippen molar-refractivity contribution in [2.45, 2.75) is 13.0 Å². The highest BCUT2D eigenvalue weighted by atomic mass is 19.3. The lowest BCUT2D eigenvalue weighted by Gasteiger charge is -2.07. The van der Waals surface area contributed by atoms with Gasteiger partial charge in [0.1, 0.15) is 11.6 Å². The molecule has 0 fully saturated rings. The van der Waals surface area contributed by atoms with Crippen LogP contribution in [0.25, 0.3) is 6.08 Å². The summed E-state index contributed by atoms with van der Waals surface area (Å²) in [6.45, 7) is -3.05. The normalized spacial score (nSPS) is 10.9. The zero-order valence-electron chi connectivity index (χ0n) is 14.7. The van der Waals surface area contributed by atoms with Crippen molar-refractivity contribution in [3.8, 4) is 5.75 Å². The van der Waals surface area contributed by atoms with E-state index in [0.29, 0.717) is 12.0 Å². The highest BCUT2D eigenvalue weighted by Gasteiger charge is 2.06. The number of halogens is 3. The Morgan fingerprint density at radius 2 is 1.86 bits per heavy atom. The summed E-state index contributed by atoms with van der Waals surface area (Å²) in [6, 6.07) is 11.7. The van der Waals surface area contributed by atoms with E-state index in [0.717, 1.165) is 11.6 Å². The molecular formula is C20H18F3NO4. The number of carbonyl (C=O) groups excluding carboxylic acids is 2. The molecule has 0 atom stereocenters. The van der Waals surface area contributed by atoms with Crippen molar-refractivity contribution in [2.75, 3.05) is 13.2 Å². The van der Waals surface area contributed by atoms with Crippen molar-refractivity contribution in [3.05, 3.63) is 71.6 Å². The molecule has 0 aromatic heterocycles. The molecule has 1 N–H and O–H groups in total. The fraction of sp³-hybridized carbons (Fsp3) is 0.200. The highest BCUT2D eigenvalue weighted by molar-refractivity contribution is 5.89. The number of hydrogen-bond acceptors (Lipinski definition) is 4. The maximum absolute atomic E-state index is 13.0. The van der Waals surface area contributed by atoms with Crippen molar-refractivity contribution in [1.82, 2.24) is 5.32 Å². The average Bonchev–Trinajstić information content (AvgIpc) is 2.66. The van der Waals surface area contributed by atoms with Gasteiger partial charge in [0, 0.05) is 12.6 Å². The summed E-state index contributed by atoms with van der Waals surface area (Å²) in [6.07, 6.45) is 2.95. The predicted molar refractivity (Wildman–Crippen MR) is 96.2 cm³/mol. The van der Waals surface area contributed by atoms with E-state index < -0.39 is 30.9 Å². The molecule has 5 nitrogen and oxygen atoms in total. The first-order valence-corrected chi connectivity index (χ1v) is 8.33. The van der Waals surface area contributed by atoms with Crippen LogP contribution >= 0.6 is 0 Å². The fourth-order valence-corrected chi connectivity index (χ4v) is 2.19. The third-order valence-electron chi connectivity index (χ3n) is 3.49. The van der Waals surface area contributed by atoms with Crippen LogP contribution in [-0.2, 0) is 20.7 Å². The Morgan fingerprint density at radius 3 is 2.54 bits per heavy atom. The first-order chi connectivity index (χ1) is 13.4. The Morgan fingerprint density at radius 1 is 1.11 bits per heavy atom. The second-order valence-corrected chi connectivity index (χ2v) is 5.62. The lowest BCUT2D eigenvalue weighted by Crippen LogP contribution is -2.30. The number of nitrogens with one attached hydrogen (secondary N) is 1. The van der Waals surface area contributed by atoms with E-state index >= 15 is 0 Å². The monoisotopic (exact) mass is 393 g/mol. The van der Waals surface area contributed by atoms with E-state index in [1.807, 2.05) is 0 Å². The van der Waals surface area contributed by atoms with E-state index in [4.69, 9.17) is 4.74 Å². The van der Waals surface area contributed by atoms with Crippen molar-refractivity contribution < 1.29 is 32.2 Å². The molecule has 0 saturated heterocycles. The second-order valence-electron chi connectivity index (χ2n) is 5.62. The van der Waals surface area contributed by atoms with Crippen LogP contribution in [0, 0.1) is 5.82 Å². The van der Waals surface area contributed by atoms with Gasteiger partial charge in [-0.05, 0) is 47.9 Å². The van der Waals surface area contributed by atoms with Crippen LogP contribution < -0.4 is 10.1 Å². The van der Waals surface area contributed by atoms with Crippen LogP contribution in [0.4, 0.5) is 13.2 Å². The highest BCUT2D eigenvalue weighted by Crippen LogP contribution is 2.15. The quantitative estimate of drug-likeness (QED) is 0.524. The predicted octanol–water partition coefficient (Wildman–Crippen LogP) is 3.34. The van der Waals surface area contributed by atoms with Gasteiger partial charge in [0.2, 0.25) is 0 Å². The largest absolute Gasteiger partial charge is 0.452 e. The number of carbonyl (C=O) groups is 2. The maximum atomic E-state index is 13.0. The van der Waals surface area contributed by atoms with E-state index in [2.05, 4.69) is 10.1 Å². The van der Waals surface area contributed by atoms with Crippen LogP contribution in [-0.4, -0.2) is 31.6 Å². The third-order valence-corrected chi connectivity index (χ3v) is 3.49. The van der Waals surface area contributed by atoms with Gasteiger partial charge in [-0.25, -0.2) is 9.18 Å². The van der Waals surface area contributed by atoms with E-state index in [9.17, 15) is 22.8 Å². The van der Waals surface area contributed by atoms with E-state index in [-0.39, 0.29) is 12.3 Å². The molecule has 0 radical (unpaired) electrons. The van der Waals surface area contributed by atoms with E-state index in [1.54, 1.807) is 18.2 Å². The molecule has 2 rings (SSSR count). The van der Waals surface area contributed by atoms with Crippen LogP contribution in [0.5, 0.6) is 5.75 Å². The van der Waals surface area contributed by atoms with Gasteiger partial charge < -0.3 is 14.8 Å². The van der Waals surface area contributed by atoms with Crippen LogP contribution in [0.1, 0.15) is 11.1 Å². The Kier molecular flexibility index (Phi) is 8.08. The van der Waals surface area contributed by atoms with Gasteiger partial charge >= 0.3 is 12.6 Å². The molecule has 8 heteroatoms. The van der Waals surface area contributed by atoms with Gasteiger partial charge in [0.25, 0.3) is 5.91 Å². The molecule has 0 aliphatic carbocycles. The standard InChI is InChI=1S/C20H18F3NO4/c21-16-3-1-2-15(12-16)6-9-19(26)27-13-18(25)24-11-10-14-4-7-17(8-5-14)28-20(22)23/h1-9,12,20H,10-11,13H2,(H,24,25)/b9-6+. The maximum Gasteiger partial charge on any atom is 0.387 e. The molecule has 0 heterocycles. The average molecular weight is 393 g/mol. The smallest absolute Gasteiger partial charge is 0.387 e. The lowest BCUT2D eigenvalue weighted by atomic mass is 10.1. The van der Waals surface area contributed by atoms with Gasteiger partial charge in [-0.3, -0.25) is 4.79 Å². The van der Waals surface area contributed by atoms with Crippen molar-refractivity contribution in [3.63, 3.8) is 0 Å². The molecular weight excluding hydrogens is 375 g/mol. The van der Waals surface area contributed by atoms with E-state index in [1.165, 1.54) is 36.4 Å². The van der Waals surface area contributed by atoms with Gasteiger partial charge in [-0.2, -0.15) is 8.78 Å². The summed E-state index contributed by atoms with van der Waals surface area (Å²) < 4.78 is 46.2. The second kappa shape index (κ2) is 10.8. The number of rotatable bonds is 9. The zero-order valence-corrected chi connectivity index (χ0v) is 14.7. The minimum atomic E-state index is -2.88. The Hall–Kier alpha value is -3.29. The molecule has 0 aliphatic heterocycles. The number of benzene rings is 2. The van der Waals surface area contributed by atoms with Gasteiger partial charge in [0.05, 0.1) is 0 Å². The first-order valence-electron chi connectivity index (χ1n) is 8.33. The van der Waals surface area contributed by atoms with Crippen molar-refractivity contribution in [2.24, 2.45) is 0 Å². The van der Waals surface area contributed by atoms with Gasteiger partial charge in [0.15, 0.2) is 6.61 Å².